The lowest BCUT2D eigenvalue weighted by molar-refractivity contribution is -0.142. The van der Waals surface area contributed by atoms with E-state index in [1.807, 2.05) is 24.3 Å². The molecule has 1 saturated carbocycles. The molecule has 0 spiro atoms. The lowest BCUT2D eigenvalue weighted by Crippen LogP contribution is -2.39. The van der Waals surface area contributed by atoms with Crippen molar-refractivity contribution in [2.45, 2.75) is 47.9 Å². The van der Waals surface area contributed by atoms with Gasteiger partial charge in [0.25, 0.3) is 0 Å². The summed E-state index contributed by atoms with van der Waals surface area (Å²) < 4.78 is 0. The molecule has 0 saturated heterocycles. The summed E-state index contributed by atoms with van der Waals surface area (Å²) in [4.78, 5) is 28.2. The second kappa shape index (κ2) is 8.27. The number of carbonyl (C=O) groups excluding carboxylic acids is 1. The molecule has 1 aliphatic carbocycles. The molecule has 0 aromatic heterocycles. The van der Waals surface area contributed by atoms with E-state index in [0.29, 0.717) is 25.8 Å². The number of hydrogen-bond acceptors (Lipinski definition) is 4. The zero-order valence-corrected chi connectivity index (χ0v) is 16.5. The van der Waals surface area contributed by atoms with Crippen molar-refractivity contribution in [3.8, 4) is 0 Å². The number of hydrogen-bond donors (Lipinski definition) is 2. The molecular formula is C22H24N2O3S. The first-order valence-corrected chi connectivity index (χ1v) is 10.6. The minimum atomic E-state index is -0.718. The van der Waals surface area contributed by atoms with Gasteiger partial charge in [-0.25, -0.2) is 0 Å². The third-order valence-corrected chi connectivity index (χ3v) is 6.67. The van der Waals surface area contributed by atoms with E-state index in [1.165, 1.54) is 9.79 Å². The fraction of sp³-hybridized carbons (Fsp3) is 0.364. The number of nitrogens with zero attached hydrogens (tertiary/aromatic N) is 1. The lowest BCUT2D eigenvalue weighted by atomic mass is 9.86. The largest absolute Gasteiger partial charge is 0.481 e. The van der Waals surface area contributed by atoms with Gasteiger partial charge in [-0.15, -0.1) is 0 Å². The van der Waals surface area contributed by atoms with Gasteiger partial charge in [0.15, 0.2) is 0 Å². The lowest BCUT2D eigenvalue weighted by Gasteiger charge is -2.33. The Morgan fingerprint density at radius 3 is 2.11 bits per heavy atom. The van der Waals surface area contributed by atoms with Crippen LogP contribution in [0.15, 0.2) is 58.3 Å². The summed E-state index contributed by atoms with van der Waals surface area (Å²) in [6, 6.07) is 16.7. The molecule has 2 aromatic rings. The topological polar surface area (TPSA) is 69.6 Å². The highest BCUT2D eigenvalue weighted by Crippen LogP contribution is 2.47. The third kappa shape index (κ3) is 4.02. The quantitative estimate of drug-likeness (QED) is 0.782. The van der Waals surface area contributed by atoms with Crippen LogP contribution < -0.4 is 10.2 Å². The molecule has 0 unspecified atom stereocenters. The summed E-state index contributed by atoms with van der Waals surface area (Å²) >= 11 is 1.76. The van der Waals surface area contributed by atoms with Crippen molar-refractivity contribution in [1.82, 2.24) is 5.32 Å². The number of benzene rings is 2. The predicted molar refractivity (Wildman–Crippen MR) is 110 cm³/mol. The summed E-state index contributed by atoms with van der Waals surface area (Å²) in [7, 11) is 0. The standard InChI is InChI=1S/C22H24N2O3S/c25-21(23-16-11-9-15(10-12-16)22(26)27)13-14-24-17-5-1-3-7-19(17)28-20-8-4-2-6-18(20)24/h1-8,15-16H,9-14H2,(H,23,25)(H,26,27). The number of amides is 1. The molecule has 146 valence electrons. The van der Waals surface area contributed by atoms with Gasteiger partial charge in [0.1, 0.15) is 0 Å². The maximum atomic E-state index is 12.5. The molecule has 0 bridgehead atoms. The van der Waals surface area contributed by atoms with Crippen LogP contribution >= 0.6 is 11.8 Å². The maximum Gasteiger partial charge on any atom is 0.306 e. The summed E-state index contributed by atoms with van der Waals surface area (Å²) in [6.07, 6.45) is 3.18. The van der Waals surface area contributed by atoms with Crippen LogP contribution in [0.25, 0.3) is 0 Å². The highest BCUT2D eigenvalue weighted by atomic mass is 32.2. The van der Waals surface area contributed by atoms with Crippen molar-refractivity contribution in [2.75, 3.05) is 11.4 Å². The highest BCUT2D eigenvalue weighted by molar-refractivity contribution is 7.99. The van der Waals surface area contributed by atoms with Crippen molar-refractivity contribution >= 4 is 35.0 Å². The van der Waals surface area contributed by atoms with E-state index in [-0.39, 0.29) is 17.9 Å². The van der Waals surface area contributed by atoms with Crippen LogP contribution in [0.3, 0.4) is 0 Å². The van der Waals surface area contributed by atoms with Crippen LogP contribution in [-0.4, -0.2) is 29.6 Å². The molecule has 2 aromatic carbocycles. The molecule has 1 aliphatic heterocycles. The van der Waals surface area contributed by atoms with Gasteiger partial charge >= 0.3 is 5.97 Å². The summed E-state index contributed by atoms with van der Waals surface area (Å²) in [5.41, 5.74) is 2.28. The number of nitrogens with one attached hydrogen (secondary N) is 1. The number of aliphatic carboxylic acids is 1. The van der Waals surface area contributed by atoms with E-state index in [9.17, 15) is 9.59 Å². The smallest absolute Gasteiger partial charge is 0.306 e. The summed E-state index contributed by atoms with van der Waals surface area (Å²) in [5, 5.41) is 12.2. The van der Waals surface area contributed by atoms with Gasteiger partial charge in [0.2, 0.25) is 5.91 Å². The molecular weight excluding hydrogens is 372 g/mol. The van der Waals surface area contributed by atoms with Crippen LogP contribution in [0.4, 0.5) is 11.4 Å². The molecule has 0 radical (unpaired) electrons. The van der Waals surface area contributed by atoms with Crippen LogP contribution in [-0.2, 0) is 9.59 Å². The Balaban J connectivity index is 1.39. The van der Waals surface area contributed by atoms with Gasteiger partial charge < -0.3 is 15.3 Å². The van der Waals surface area contributed by atoms with Gasteiger partial charge in [-0.3, -0.25) is 9.59 Å². The second-order valence-corrected chi connectivity index (χ2v) is 8.48. The molecule has 1 fully saturated rings. The van der Waals surface area contributed by atoms with Crippen molar-refractivity contribution in [1.29, 1.82) is 0 Å². The summed E-state index contributed by atoms with van der Waals surface area (Å²) in [5.74, 6) is -0.941. The number of carbonyl (C=O) groups is 2. The number of rotatable bonds is 5. The van der Waals surface area contributed by atoms with Crippen LogP contribution in [0, 0.1) is 5.92 Å². The first kappa shape index (κ1) is 18.9. The number of carboxylic acids is 1. The van der Waals surface area contributed by atoms with Gasteiger partial charge in [-0.05, 0) is 49.9 Å². The van der Waals surface area contributed by atoms with Gasteiger partial charge in [0.05, 0.1) is 17.3 Å². The molecule has 0 atom stereocenters. The first-order valence-electron chi connectivity index (χ1n) is 9.77. The van der Waals surface area contributed by atoms with Crippen LogP contribution in [0.1, 0.15) is 32.1 Å². The Bertz CT molecular complexity index is 832. The summed E-state index contributed by atoms with van der Waals surface area (Å²) in [6.45, 7) is 0.616. The molecule has 2 N–H and O–H groups in total. The molecule has 6 heteroatoms. The van der Waals surface area contributed by atoms with Gasteiger partial charge in [-0.1, -0.05) is 36.0 Å². The minimum absolute atomic E-state index is 0.0342. The highest BCUT2D eigenvalue weighted by Gasteiger charge is 2.27. The molecule has 1 heterocycles. The second-order valence-electron chi connectivity index (χ2n) is 7.39. The predicted octanol–water partition coefficient (Wildman–Crippen LogP) is 4.44. The Labute approximate surface area is 169 Å². The monoisotopic (exact) mass is 396 g/mol. The zero-order valence-electron chi connectivity index (χ0n) is 15.6. The Hall–Kier alpha value is -2.47. The van der Waals surface area contributed by atoms with Crippen molar-refractivity contribution in [3.63, 3.8) is 0 Å². The molecule has 2 aliphatic rings. The zero-order chi connectivity index (χ0) is 19.5. The number of carboxylic acid groups (broad SMARTS) is 1. The van der Waals surface area contributed by atoms with E-state index >= 15 is 0 Å². The third-order valence-electron chi connectivity index (χ3n) is 5.54. The van der Waals surface area contributed by atoms with Gasteiger partial charge in [-0.2, -0.15) is 0 Å². The van der Waals surface area contributed by atoms with E-state index in [0.717, 1.165) is 24.2 Å². The SMILES string of the molecule is O=C(CCN1c2ccccc2Sc2ccccc21)NC1CCC(C(=O)O)CC1. The first-order chi connectivity index (χ1) is 13.6. The average Bonchev–Trinajstić information content (AvgIpc) is 2.71. The fourth-order valence-corrected chi connectivity index (χ4v) is 5.12. The molecule has 1 amide bonds. The van der Waals surface area contributed by atoms with E-state index in [2.05, 4.69) is 34.5 Å². The normalized spacial score (nSPS) is 20.8. The van der Waals surface area contributed by atoms with Crippen molar-refractivity contribution in [2.24, 2.45) is 5.92 Å². The number of fused-ring (bicyclic) bond motifs is 2. The number of anilines is 2. The van der Waals surface area contributed by atoms with Crippen molar-refractivity contribution in [3.05, 3.63) is 48.5 Å². The Morgan fingerprint density at radius 2 is 1.54 bits per heavy atom. The Kier molecular flexibility index (Phi) is 5.57. The minimum Gasteiger partial charge on any atom is -0.481 e. The molecule has 28 heavy (non-hydrogen) atoms. The Morgan fingerprint density at radius 1 is 0.964 bits per heavy atom. The van der Waals surface area contributed by atoms with Crippen LogP contribution in [0.2, 0.25) is 0 Å². The molecule has 5 nitrogen and oxygen atoms in total. The maximum absolute atomic E-state index is 12.5. The van der Waals surface area contributed by atoms with Crippen molar-refractivity contribution < 1.29 is 14.7 Å². The molecule has 4 rings (SSSR count). The number of para-hydroxylation sites is 2. The fourth-order valence-electron chi connectivity index (χ4n) is 4.02. The van der Waals surface area contributed by atoms with Gasteiger partial charge in [0, 0.05) is 28.8 Å². The van der Waals surface area contributed by atoms with E-state index in [4.69, 9.17) is 5.11 Å². The average molecular weight is 397 g/mol. The van der Waals surface area contributed by atoms with E-state index < -0.39 is 5.97 Å². The van der Waals surface area contributed by atoms with E-state index in [1.54, 1.807) is 11.8 Å². The van der Waals surface area contributed by atoms with Crippen LogP contribution in [0.5, 0.6) is 0 Å².